The zero-order valence-electron chi connectivity index (χ0n) is 53.9. The fraction of sp³-hybridized carbons (Fsp3) is 0.500. The van der Waals surface area contributed by atoms with E-state index in [2.05, 4.69) is 31.5 Å². The molecular formula is C56H74ClF10K2N9O14S3. The summed E-state index contributed by atoms with van der Waals surface area (Å²) in [5.74, 6) is -0.819. The van der Waals surface area contributed by atoms with Crippen molar-refractivity contribution in [2.75, 3.05) is 64.2 Å². The van der Waals surface area contributed by atoms with E-state index in [1.165, 1.54) is 24.3 Å². The molecule has 0 aromatic heterocycles. The van der Waals surface area contributed by atoms with Crippen molar-refractivity contribution in [2.45, 2.75) is 136 Å². The Morgan fingerprint density at radius 1 is 0.600 bits per heavy atom. The molecule has 4 aliphatic rings. The quantitative estimate of drug-likeness (QED) is 0.0359. The van der Waals surface area contributed by atoms with Gasteiger partial charge in [0.25, 0.3) is 6.47 Å². The Labute approximate surface area is 637 Å². The smallest absolute Gasteiger partial charge is 1.00 e. The molecule has 7 N–H and O–H groups in total. The van der Waals surface area contributed by atoms with Crippen LogP contribution in [0.2, 0.25) is 0 Å². The van der Waals surface area contributed by atoms with Gasteiger partial charge in [0.15, 0.2) is 0 Å². The van der Waals surface area contributed by atoms with Gasteiger partial charge in [0, 0.05) is 75.7 Å². The summed E-state index contributed by atoms with van der Waals surface area (Å²) in [5, 5.41) is 22.5. The normalized spacial score (nSPS) is 18.6. The number of nitrogens with one attached hydrogen (secondary N) is 5. The summed E-state index contributed by atoms with van der Waals surface area (Å²) in [4.78, 5) is 45.1. The minimum absolute atomic E-state index is 0. The second kappa shape index (κ2) is 39.1. The molecule has 4 saturated heterocycles. The van der Waals surface area contributed by atoms with E-state index in [4.69, 9.17) is 25.3 Å². The molecule has 4 aromatic carbocycles. The summed E-state index contributed by atoms with van der Waals surface area (Å²) in [5.41, 5.74) is 1.90. The van der Waals surface area contributed by atoms with Crippen LogP contribution >= 0.6 is 12.4 Å². The number of rotatable bonds is 13. The first-order valence-corrected chi connectivity index (χ1v) is 32.2. The average molecular weight is 1500 g/mol. The number of carbonyl (C=O) groups excluding carboxylic acids is 4. The maximum atomic E-state index is 12.9. The van der Waals surface area contributed by atoms with Gasteiger partial charge >= 0.3 is 133 Å². The van der Waals surface area contributed by atoms with Crippen LogP contribution in [0.3, 0.4) is 0 Å². The number of benzene rings is 4. The van der Waals surface area contributed by atoms with Crippen molar-refractivity contribution >= 4 is 72.7 Å². The third-order valence-electron chi connectivity index (χ3n) is 13.1. The Bertz CT molecular complexity index is 3470. The molecule has 0 aliphatic carbocycles. The first-order chi connectivity index (χ1) is 42.4. The average Bonchev–Trinajstić information content (AvgIpc) is 1.58. The standard InChI is InChI=1S/C19H19F4N3O3S.C16H21F3N2O4S.C11H13F3N2O2S.C9H18N2O2.CH2O3.ClH.2K.H/c20-14-4-6-15(7-5-14)25-18(27)11-24-16-8-9-26(12-16)30(28,29)17-3-1-2-13(10-17)19(21,22)23;1-15(2,3)25-14(22)20-12-7-8-21(10-12)26(23,24)13-6-4-5-11(9-13)16(17,18)19;12-11(13,14)8-2-1-3-10(6-8)19(17,18)16-5-4-9(15)7-16;1-9(2,3)13-8(12)11-7-4-5-10-6-7;2-1-4-3;;;;/h1-7,10,16,24H,8-9,11-12H2,(H,25,27);4-6,9,12H,7-8,10H2,1-3H3,(H,20,22);1-3,6,9H,4-5,7,15H2;7,10H,4-6H2,1-3H3,(H,11,12);1,3H;1H;;;/q;;;;;;2*+1;-1/p-1. The summed E-state index contributed by atoms with van der Waals surface area (Å²) in [7, 11) is -12.1. The molecule has 0 spiro atoms. The maximum Gasteiger partial charge on any atom is 1.00 e. The minimum atomic E-state index is -4.64. The molecule has 3 amide bonds. The van der Waals surface area contributed by atoms with Crippen molar-refractivity contribution in [3.63, 3.8) is 0 Å². The molecular weight excluding hydrogens is 1420 g/mol. The molecule has 0 bridgehead atoms. The first-order valence-electron chi connectivity index (χ1n) is 27.9. The van der Waals surface area contributed by atoms with Crippen molar-refractivity contribution in [2.24, 2.45) is 5.73 Å². The summed E-state index contributed by atoms with van der Waals surface area (Å²) in [6.07, 6.45) is -12.6. The molecule has 4 aromatic rings. The number of sulfonamides is 3. The fourth-order valence-corrected chi connectivity index (χ4v) is 13.4. The Morgan fingerprint density at radius 3 is 1.32 bits per heavy atom. The van der Waals surface area contributed by atoms with Crippen LogP contribution in [-0.2, 0) is 72.5 Å². The van der Waals surface area contributed by atoms with E-state index in [-0.39, 0.29) is 204 Å². The first kappa shape index (κ1) is 89.8. The van der Waals surface area contributed by atoms with Crippen molar-refractivity contribution < 1.29 is 212 Å². The Kier molecular flexibility index (Phi) is 37.0. The van der Waals surface area contributed by atoms with Crippen LogP contribution in [0.25, 0.3) is 0 Å². The molecule has 0 radical (unpaired) electrons. The van der Waals surface area contributed by atoms with Gasteiger partial charge in [-0.3, -0.25) is 9.59 Å². The Hall–Kier alpha value is -3.21. The van der Waals surface area contributed by atoms with Gasteiger partial charge in [-0.2, -0.15) is 52.4 Å². The molecule has 524 valence electrons. The molecule has 4 atom stereocenters. The van der Waals surface area contributed by atoms with E-state index < -0.39 is 104 Å². The number of carbonyl (C=O) groups is 4. The zero-order chi connectivity index (χ0) is 69.3. The van der Waals surface area contributed by atoms with Gasteiger partial charge in [-0.05, 0) is 153 Å². The monoisotopic (exact) mass is 1500 g/mol. The van der Waals surface area contributed by atoms with Crippen LogP contribution in [0, 0.1) is 5.82 Å². The minimum Gasteiger partial charge on any atom is -1.00 e. The van der Waals surface area contributed by atoms with E-state index in [1.54, 1.807) is 20.8 Å². The number of hydrogen-bond acceptors (Lipinski definition) is 17. The number of alkyl carbamates (subject to hydrolysis) is 2. The molecule has 23 nitrogen and oxygen atoms in total. The Morgan fingerprint density at radius 2 is 0.968 bits per heavy atom. The van der Waals surface area contributed by atoms with Crippen LogP contribution < -0.4 is 140 Å². The number of ether oxygens (including phenoxy) is 2. The van der Waals surface area contributed by atoms with Crippen LogP contribution in [0.5, 0.6) is 0 Å². The van der Waals surface area contributed by atoms with Crippen molar-refractivity contribution in [3.05, 3.63) is 120 Å². The van der Waals surface area contributed by atoms with E-state index in [9.17, 15) is 83.5 Å². The third-order valence-corrected chi connectivity index (χ3v) is 18.7. The van der Waals surface area contributed by atoms with Gasteiger partial charge in [-0.1, -0.05) is 18.2 Å². The van der Waals surface area contributed by atoms with E-state index in [1.807, 2.05) is 20.8 Å². The zero-order valence-corrected chi connectivity index (χ0v) is 62.4. The molecule has 4 aliphatic heterocycles. The topological polar surface area (TPSA) is 317 Å². The van der Waals surface area contributed by atoms with E-state index >= 15 is 0 Å². The van der Waals surface area contributed by atoms with Crippen LogP contribution in [0.4, 0.5) is 59.2 Å². The number of hydrogen-bond donors (Lipinski definition) is 6. The number of nitrogens with zero attached hydrogens (tertiary/aromatic N) is 3. The predicted molar refractivity (Wildman–Crippen MR) is 319 cm³/mol. The summed E-state index contributed by atoms with van der Waals surface area (Å²) in [6.45, 7) is 12.8. The van der Waals surface area contributed by atoms with Gasteiger partial charge < -0.3 is 53.4 Å². The number of amides is 3. The van der Waals surface area contributed by atoms with Gasteiger partial charge in [-0.15, -0.1) is 12.4 Å². The largest absolute Gasteiger partial charge is 1.00 e. The van der Waals surface area contributed by atoms with E-state index in [0.29, 0.717) is 43.1 Å². The van der Waals surface area contributed by atoms with E-state index in [0.717, 1.165) is 87.0 Å². The van der Waals surface area contributed by atoms with Crippen LogP contribution in [0.15, 0.2) is 112 Å². The summed E-state index contributed by atoms with van der Waals surface area (Å²) in [6, 6.07) is 15.4. The predicted octanol–water partition coefficient (Wildman–Crippen LogP) is 1.11. The van der Waals surface area contributed by atoms with Crippen molar-refractivity contribution in [1.82, 2.24) is 34.2 Å². The molecule has 95 heavy (non-hydrogen) atoms. The SMILES string of the molecule is CC(C)(C)OC(=O)NC1CCN(S(=O)(=O)c2cccc(C(F)(F)F)c2)C1.CC(C)(C)OC(=O)NC1CCNC1.Cl.NC1CCN(S(=O)(=O)c2cccc(C(F)(F)F)c2)C1.O=C(CNC1CCN(S(=O)(=O)c2cccc(C(F)(F)F)c2)C1)Nc1ccc(F)cc1.O=CO[O-].[H-].[K+].[K+]. The number of alkyl halides is 9. The summed E-state index contributed by atoms with van der Waals surface area (Å²) < 4.78 is 216. The van der Waals surface area contributed by atoms with Gasteiger partial charge in [-0.25, -0.2) is 39.2 Å². The van der Waals surface area contributed by atoms with Crippen molar-refractivity contribution in [1.29, 1.82) is 0 Å². The second-order valence-corrected chi connectivity index (χ2v) is 28.6. The summed E-state index contributed by atoms with van der Waals surface area (Å²) >= 11 is 0. The molecule has 8 rings (SSSR count). The number of nitrogens with two attached hydrogens (primary N) is 1. The fourth-order valence-electron chi connectivity index (χ4n) is 8.80. The molecule has 4 unspecified atom stereocenters. The van der Waals surface area contributed by atoms with Gasteiger partial charge in [0.2, 0.25) is 36.0 Å². The second-order valence-electron chi connectivity index (χ2n) is 22.8. The van der Waals surface area contributed by atoms with Gasteiger partial charge in [0.05, 0.1) is 37.9 Å². The Balaban J connectivity index is 0.00000125. The van der Waals surface area contributed by atoms with Crippen molar-refractivity contribution in [3.8, 4) is 0 Å². The van der Waals surface area contributed by atoms with Crippen LogP contribution in [-0.4, -0.2) is 157 Å². The third kappa shape index (κ3) is 30.7. The maximum absolute atomic E-state index is 12.9. The number of anilines is 1. The van der Waals surface area contributed by atoms with Crippen LogP contribution in [0.1, 0.15) is 85.3 Å². The van der Waals surface area contributed by atoms with Gasteiger partial charge in [0.1, 0.15) is 17.0 Å². The molecule has 4 fully saturated rings. The molecule has 4 heterocycles. The molecule has 39 heteroatoms. The number of halogens is 11. The molecule has 0 saturated carbocycles.